The van der Waals surface area contributed by atoms with Crippen molar-refractivity contribution in [2.45, 2.75) is 33.9 Å². The van der Waals surface area contributed by atoms with E-state index in [1.165, 1.54) is 0 Å². The van der Waals surface area contributed by atoms with Crippen molar-refractivity contribution in [1.82, 2.24) is 19.6 Å². The molecule has 0 saturated heterocycles. The van der Waals surface area contributed by atoms with Gasteiger partial charge in [-0.15, -0.1) is 0 Å². The Hall–Kier alpha value is -2.60. The summed E-state index contributed by atoms with van der Waals surface area (Å²) in [6.45, 7) is 7.14. The van der Waals surface area contributed by atoms with Crippen LogP contribution in [0.1, 0.15) is 34.4 Å². The number of aryl methyl sites for hydroxylation is 2. The van der Waals surface area contributed by atoms with E-state index in [0.717, 1.165) is 29.2 Å². The molecule has 0 bridgehead atoms. The van der Waals surface area contributed by atoms with Crippen molar-refractivity contribution in [3.05, 3.63) is 64.2 Å². The van der Waals surface area contributed by atoms with Crippen LogP contribution in [0.15, 0.2) is 36.5 Å². The molecule has 1 amide bonds. The lowest BCUT2D eigenvalue weighted by Gasteiger charge is -2.07. The van der Waals surface area contributed by atoms with Gasteiger partial charge in [-0.05, 0) is 44.5 Å². The van der Waals surface area contributed by atoms with E-state index in [4.69, 9.17) is 11.6 Å². The minimum Gasteiger partial charge on any atom is -0.317 e. The maximum absolute atomic E-state index is 12.4. The van der Waals surface area contributed by atoms with Gasteiger partial charge >= 0.3 is 0 Å². The number of carbonyl (C=O) groups excluding carboxylic acids is 1. The number of aromatic nitrogens is 4. The molecule has 0 fully saturated rings. The van der Waals surface area contributed by atoms with Gasteiger partial charge in [0.1, 0.15) is 0 Å². The van der Waals surface area contributed by atoms with Crippen LogP contribution >= 0.6 is 11.6 Å². The molecule has 0 unspecified atom stereocenters. The van der Waals surface area contributed by atoms with Gasteiger partial charge in [0.05, 0.1) is 23.6 Å². The molecule has 0 aliphatic rings. The van der Waals surface area contributed by atoms with Gasteiger partial charge in [-0.3, -0.25) is 14.2 Å². The summed E-state index contributed by atoms with van der Waals surface area (Å²) in [7, 11) is 0. The smallest absolute Gasteiger partial charge is 0.276 e. The molecule has 130 valence electrons. The van der Waals surface area contributed by atoms with Gasteiger partial charge in [-0.25, -0.2) is 0 Å². The van der Waals surface area contributed by atoms with Crippen molar-refractivity contribution in [1.29, 1.82) is 0 Å². The van der Waals surface area contributed by atoms with Gasteiger partial charge in [0.25, 0.3) is 5.91 Å². The summed E-state index contributed by atoms with van der Waals surface area (Å²) in [5, 5.41) is 12.4. The lowest BCUT2D eigenvalue weighted by atomic mass is 10.2. The van der Waals surface area contributed by atoms with Crippen molar-refractivity contribution < 1.29 is 4.79 Å². The SMILES string of the molecule is CCn1ccc(C(=O)Nc2c(C)nn(Cc3ccc(Cl)cc3)c2C)n1. The summed E-state index contributed by atoms with van der Waals surface area (Å²) in [5.41, 5.74) is 3.89. The zero-order chi connectivity index (χ0) is 18.0. The fraction of sp³-hybridized carbons (Fsp3) is 0.278. The molecular formula is C18H20ClN5O. The molecule has 2 aromatic heterocycles. The fourth-order valence-electron chi connectivity index (χ4n) is 2.63. The highest BCUT2D eigenvalue weighted by Gasteiger charge is 2.17. The molecule has 0 spiro atoms. The van der Waals surface area contributed by atoms with Gasteiger partial charge in [-0.2, -0.15) is 10.2 Å². The Morgan fingerprint density at radius 2 is 1.88 bits per heavy atom. The molecule has 1 N–H and O–H groups in total. The molecule has 6 nitrogen and oxygen atoms in total. The lowest BCUT2D eigenvalue weighted by molar-refractivity contribution is 0.102. The average molecular weight is 358 g/mol. The number of nitrogens with one attached hydrogen (secondary N) is 1. The predicted molar refractivity (Wildman–Crippen MR) is 98.1 cm³/mol. The highest BCUT2D eigenvalue weighted by atomic mass is 35.5. The molecule has 0 aliphatic heterocycles. The van der Waals surface area contributed by atoms with Gasteiger partial charge in [0, 0.05) is 17.8 Å². The van der Waals surface area contributed by atoms with E-state index < -0.39 is 0 Å². The van der Waals surface area contributed by atoms with E-state index in [0.29, 0.717) is 17.3 Å². The van der Waals surface area contributed by atoms with Crippen molar-refractivity contribution >= 4 is 23.2 Å². The summed E-state index contributed by atoms with van der Waals surface area (Å²) in [6.07, 6.45) is 1.79. The largest absolute Gasteiger partial charge is 0.317 e. The normalized spacial score (nSPS) is 10.9. The Labute approximate surface area is 151 Å². The third-order valence-electron chi connectivity index (χ3n) is 4.06. The fourth-order valence-corrected chi connectivity index (χ4v) is 2.76. The van der Waals surface area contributed by atoms with Crippen molar-refractivity contribution in [3.63, 3.8) is 0 Å². The number of anilines is 1. The Kier molecular flexibility index (Phi) is 4.90. The quantitative estimate of drug-likeness (QED) is 0.757. The molecule has 0 radical (unpaired) electrons. The third kappa shape index (κ3) is 3.74. The third-order valence-corrected chi connectivity index (χ3v) is 4.31. The van der Waals surface area contributed by atoms with Crippen LogP contribution in [0.25, 0.3) is 0 Å². The first-order valence-corrected chi connectivity index (χ1v) is 8.49. The second kappa shape index (κ2) is 7.11. The number of nitrogens with zero attached hydrogens (tertiary/aromatic N) is 4. The summed E-state index contributed by atoms with van der Waals surface area (Å²) in [4.78, 5) is 12.4. The van der Waals surface area contributed by atoms with E-state index in [2.05, 4.69) is 15.5 Å². The first-order chi connectivity index (χ1) is 12.0. The first kappa shape index (κ1) is 17.2. The van der Waals surface area contributed by atoms with Gasteiger partial charge in [0.2, 0.25) is 0 Å². The topological polar surface area (TPSA) is 64.7 Å². The molecule has 0 saturated carbocycles. The highest BCUT2D eigenvalue weighted by Crippen LogP contribution is 2.21. The zero-order valence-electron chi connectivity index (χ0n) is 14.5. The second-order valence-corrected chi connectivity index (χ2v) is 6.28. The van der Waals surface area contributed by atoms with Crippen LogP contribution in [-0.4, -0.2) is 25.5 Å². The Balaban J connectivity index is 1.79. The number of benzene rings is 1. The number of hydrogen-bond acceptors (Lipinski definition) is 3. The van der Waals surface area contributed by atoms with Gasteiger partial charge in [-0.1, -0.05) is 23.7 Å². The van der Waals surface area contributed by atoms with E-state index in [-0.39, 0.29) is 5.91 Å². The van der Waals surface area contributed by atoms with E-state index >= 15 is 0 Å². The monoisotopic (exact) mass is 357 g/mol. The van der Waals surface area contributed by atoms with Crippen LogP contribution in [0, 0.1) is 13.8 Å². The Bertz CT molecular complexity index is 895. The number of halogens is 1. The molecule has 7 heteroatoms. The summed E-state index contributed by atoms with van der Waals surface area (Å²) in [5.74, 6) is -0.232. The zero-order valence-corrected chi connectivity index (χ0v) is 15.2. The number of hydrogen-bond donors (Lipinski definition) is 1. The molecular weight excluding hydrogens is 338 g/mol. The number of carbonyl (C=O) groups is 1. The summed E-state index contributed by atoms with van der Waals surface area (Å²) >= 11 is 5.93. The van der Waals surface area contributed by atoms with Crippen LogP contribution in [0.2, 0.25) is 5.02 Å². The van der Waals surface area contributed by atoms with Crippen LogP contribution < -0.4 is 5.32 Å². The summed E-state index contributed by atoms with van der Waals surface area (Å²) < 4.78 is 3.59. The minimum absolute atomic E-state index is 0.232. The maximum Gasteiger partial charge on any atom is 0.276 e. The molecule has 3 rings (SSSR count). The average Bonchev–Trinajstić information content (AvgIpc) is 3.18. The Morgan fingerprint density at radius 3 is 2.52 bits per heavy atom. The van der Waals surface area contributed by atoms with E-state index in [1.807, 2.05) is 49.7 Å². The standard InChI is InChI=1S/C18H20ClN5O/c1-4-23-10-9-16(22-23)18(25)20-17-12(2)21-24(13(17)3)11-14-5-7-15(19)8-6-14/h5-10H,4,11H2,1-3H3,(H,20,25). The van der Waals surface area contributed by atoms with Crippen molar-refractivity contribution in [3.8, 4) is 0 Å². The predicted octanol–water partition coefficient (Wildman–Crippen LogP) is 3.67. The molecule has 2 heterocycles. The van der Waals surface area contributed by atoms with Crippen LogP contribution in [0.5, 0.6) is 0 Å². The summed E-state index contributed by atoms with van der Waals surface area (Å²) in [6, 6.07) is 9.36. The van der Waals surface area contributed by atoms with Gasteiger partial charge < -0.3 is 5.32 Å². The highest BCUT2D eigenvalue weighted by molar-refractivity contribution is 6.30. The maximum atomic E-state index is 12.4. The molecule has 3 aromatic rings. The molecule has 0 atom stereocenters. The van der Waals surface area contributed by atoms with Crippen LogP contribution in [0.3, 0.4) is 0 Å². The van der Waals surface area contributed by atoms with Crippen molar-refractivity contribution in [2.75, 3.05) is 5.32 Å². The van der Waals surface area contributed by atoms with Crippen LogP contribution in [0.4, 0.5) is 5.69 Å². The van der Waals surface area contributed by atoms with E-state index in [1.54, 1.807) is 16.9 Å². The molecule has 25 heavy (non-hydrogen) atoms. The van der Waals surface area contributed by atoms with Crippen LogP contribution in [-0.2, 0) is 13.1 Å². The van der Waals surface area contributed by atoms with Crippen molar-refractivity contribution in [2.24, 2.45) is 0 Å². The second-order valence-electron chi connectivity index (χ2n) is 5.84. The Morgan fingerprint density at radius 1 is 1.16 bits per heavy atom. The first-order valence-electron chi connectivity index (χ1n) is 8.11. The lowest BCUT2D eigenvalue weighted by Crippen LogP contribution is -2.14. The number of amides is 1. The number of rotatable bonds is 5. The van der Waals surface area contributed by atoms with Gasteiger partial charge in [0.15, 0.2) is 5.69 Å². The molecule has 0 aliphatic carbocycles. The minimum atomic E-state index is -0.232. The molecule has 1 aromatic carbocycles. The van der Waals surface area contributed by atoms with E-state index in [9.17, 15) is 4.79 Å².